The van der Waals surface area contributed by atoms with Gasteiger partial charge in [0, 0.05) is 19.1 Å². The molecule has 1 aromatic rings. The highest BCUT2D eigenvalue weighted by Crippen LogP contribution is 2.02. The van der Waals surface area contributed by atoms with E-state index in [-0.39, 0.29) is 24.2 Å². The number of nitrogens with one attached hydrogen (secondary N) is 2. The molecule has 102 valence electrons. The first-order valence-electron chi connectivity index (χ1n) is 5.84. The van der Waals surface area contributed by atoms with Gasteiger partial charge in [-0.15, -0.1) is 0 Å². The van der Waals surface area contributed by atoms with Gasteiger partial charge in [0.15, 0.2) is 0 Å². The quantitative estimate of drug-likeness (QED) is 0.786. The first kappa shape index (κ1) is 15.1. The fourth-order valence-electron chi connectivity index (χ4n) is 1.35. The molecule has 0 bridgehead atoms. The molecule has 18 heavy (non-hydrogen) atoms. The summed E-state index contributed by atoms with van der Waals surface area (Å²) in [5, 5.41) is 3.04. The fraction of sp³-hybridized carbons (Fsp3) is 0.500. The Balaban J connectivity index is 2.39. The zero-order valence-electron chi connectivity index (χ0n) is 10.6. The Morgan fingerprint density at radius 1 is 1.22 bits per heavy atom. The van der Waals surface area contributed by atoms with E-state index in [2.05, 4.69) is 10.0 Å². The molecule has 0 fully saturated rings. The SMILES string of the molecule is CC(C)NCCS(=O)(=O)NCc1ccc(F)cc1. The lowest BCUT2D eigenvalue weighted by Gasteiger charge is -2.09. The van der Waals surface area contributed by atoms with Crippen LogP contribution in [0.1, 0.15) is 19.4 Å². The van der Waals surface area contributed by atoms with E-state index in [1.54, 1.807) is 12.1 Å². The van der Waals surface area contributed by atoms with Gasteiger partial charge in [0.2, 0.25) is 10.0 Å². The van der Waals surface area contributed by atoms with E-state index in [9.17, 15) is 12.8 Å². The number of hydrogen-bond donors (Lipinski definition) is 2. The van der Waals surface area contributed by atoms with Crippen molar-refractivity contribution in [3.63, 3.8) is 0 Å². The van der Waals surface area contributed by atoms with Gasteiger partial charge in [-0.25, -0.2) is 17.5 Å². The van der Waals surface area contributed by atoms with Crippen LogP contribution in [0, 0.1) is 5.82 Å². The van der Waals surface area contributed by atoms with Gasteiger partial charge in [-0.2, -0.15) is 0 Å². The van der Waals surface area contributed by atoms with Crippen molar-refractivity contribution in [2.24, 2.45) is 0 Å². The summed E-state index contributed by atoms with van der Waals surface area (Å²) in [6.07, 6.45) is 0. The van der Waals surface area contributed by atoms with Crippen LogP contribution in [0.5, 0.6) is 0 Å². The molecule has 0 unspecified atom stereocenters. The van der Waals surface area contributed by atoms with Crippen molar-refractivity contribution in [1.29, 1.82) is 0 Å². The molecular weight excluding hydrogens is 255 g/mol. The van der Waals surface area contributed by atoms with Crippen molar-refractivity contribution in [2.45, 2.75) is 26.4 Å². The van der Waals surface area contributed by atoms with Crippen molar-refractivity contribution in [1.82, 2.24) is 10.0 Å². The highest BCUT2D eigenvalue weighted by Gasteiger charge is 2.09. The number of hydrogen-bond acceptors (Lipinski definition) is 3. The fourth-order valence-corrected chi connectivity index (χ4v) is 2.27. The summed E-state index contributed by atoms with van der Waals surface area (Å²) in [4.78, 5) is 0. The van der Waals surface area contributed by atoms with Gasteiger partial charge < -0.3 is 5.32 Å². The van der Waals surface area contributed by atoms with Crippen LogP contribution in [0.3, 0.4) is 0 Å². The van der Waals surface area contributed by atoms with Crippen LogP contribution >= 0.6 is 0 Å². The number of rotatable bonds is 7. The van der Waals surface area contributed by atoms with E-state index < -0.39 is 10.0 Å². The van der Waals surface area contributed by atoms with Gasteiger partial charge in [-0.05, 0) is 17.7 Å². The van der Waals surface area contributed by atoms with Gasteiger partial charge in [0.1, 0.15) is 5.82 Å². The first-order valence-corrected chi connectivity index (χ1v) is 7.49. The zero-order valence-corrected chi connectivity index (χ0v) is 11.4. The summed E-state index contributed by atoms with van der Waals surface area (Å²) in [6, 6.07) is 6.00. The number of benzene rings is 1. The van der Waals surface area contributed by atoms with E-state index in [1.165, 1.54) is 12.1 Å². The third-order valence-electron chi connectivity index (χ3n) is 2.33. The average Bonchev–Trinajstić information content (AvgIpc) is 2.27. The standard InChI is InChI=1S/C12H19FN2O2S/c1-10(2)14-7-8-18(16,17)15-9-11-3-5-12(13)6-4-11/h3-6,10,14-15H,7-9H2,1-2H3. The maximum absolute atomic E-state index is 12.7. The van der Waals surface area contributed by atoms with Crippen LogP contribution in [0.25, 0.3) is 0 Å². The summed E-state index contributed by atoms with van der Waals surface area (Å²) < 4.78 is 38.4. The van der Waals surface area contributed by atoms with Crippen molar-refractivity contribution in [2.75, 3.05) is 12.3 Å². The summed E-state index contributed by atoms with van der Waals surface area (Å²) in [5.41, 5.74) is 0.733. The molecule has 6 heteroatoms. The Bertz CT molecular complexity index is 457. The van der Waals surface area contributed by atoms with Crippen LogP contribution < -0.4 is 10.0 Å². The van der Waals surface area contributed by atoms with E-state index in [0.29, 0.717) is 6.54 Å². The third-order valence-corrected chi connectivity index (χ3v) is 3.66. The van der Waals surface area contributed by atoms with E-state index in [1.807, 2.05) is 13.8 Å². The average molecular weight is 274 g/mol. The number of halogens is 1. The lowest BCUT2D eigenvalue weighted by molar-refractivity contribution is 0.566. The van der Waals surface area contributed by atoms with Crippen LogP contribution in [0.4, 0.5) is 4.39 Å². The molecule has 0 aliphatic rings. The number of sulfonamides is 1. The molecule has 0 aromatic heterocycles. The first-order chi connectivity index (χ1) is 8.39. The summed E-state index contributed by atoms with van der Waals surface area (Å²) in [7, 11) is -3.29. The Labute approximate surface area is 108 Å². The smallest absolute Gasteiger partial charge is 0.213 e. The third kappa shape index (κ3) is 6.09. The monoisotopic (exact) mass is 274 g/mol. The van der Waals surface area contributed by atoms with Gasteiger partial charge in [0.05, 0.1) is 5.75 Å². The second kappa shape index (κ2) is 6.82. The second-order valence-corrected chi connectivity index (χ2v) is 6.30. The molecule has 0 radical (unpaired) electrons. The molecule has 0 aliphatic carbocycles. The van der Waals surface area contributed by atoms with Gasteiger partial charge in [0.25, 0.3) is 0 Å². The molecule has 0 saturated heterocycles. The summed E-state index contributed by atoms with van der Waals surface area (Å²) in [5.74, 6) is -0.297. The topological polar surface area (TPSA) is 58.2 Å². The van der Waals surface area contributed by atoms with Crippen molar-refractivity contribution in [3.05, 3.63) is 35.6 Å². The Hall–Kier alpha value is -0.980. The normalized spacial score (nSPS) is 12.0. The second-order valence-electron chi connectivity index (χ2n) is 4.38. The van der Waals surface area contributed by atoms with Gasteiger partial charge in [-0.3, -0.25) is 0 Å². The Morgan fingerprint density at radius 2 is 1.83 bits per heavy atom. The molecule has 1 rings (SSSR count). The molecule has 0 aliphatic heterocycles. The van der Waals surface area contributed by atoms with Crippen LogP contribution in [0.2, 0.25) is 0 Å². The molecule has 0 heterocycles. The van der Waals surface area contributed by atoms with E-state index >= 15 is 0 Å². The van der Waals surface area contributed by atoms with Crippen LogP contribution in [0.15, 0.2) is 24.3 Å². The molecule has 0 saturated carbocycles. The maximum Gasteiger partial charge on any atom is 0.213 e. The maximum atomic E-state index is 12.7. The minimum Gasteiger partial charge on any atom is -0.313 e. The van der Waals surface area contributed by atoms with Crippen LogP contribution in [-0.4, -0.2) is 26.8 Å². The predicted octanol–water partition coefficient (Wildman–Crippen LogP) is 1.24. The summed E-state index contributed by atoms with van der Waals surface area (Å²) in [6.45, 7) is 4.51. The highest BCUT2D eigenvalue weighted by atomic mass is 32.2. The minimum atomic E-state index is -3.29. The van der Waals surface area contributed by atoms with Crippen molar-refractivity contribution < 1.29 is 12.8 Å². The minimum absolute atomic E-state index is 0.0341. The van der Waals surface area contributed by atoms with Crippen molar-refractivity contribution >= 4 is 10.0 Å². The lowest BCUT2D eigenvalue weighted by Crippen LogP contribution is -2.34. The zero-order chi connectivity index (χ0) is 13.6. The van der Waals surface area contributed by atoms with E-state index in [4.69, 9.17) is 0 Å². The van der Waals surface area contributed by atoms with Crippen LogP contribution in [-0.2, 0) is 16.6 Å². The Morgan fingerprint density at radius 3 is 2.39 bits per heavy atom. The summed E-state index contributed by atoms with van der Waals surface area (Å²) >= 11 is 0. The molecule has 1 aromatic carbocycles. The largest absolute Gasteiger partial charge is 0.313 e. The highest BCUT2D eigenvalue weighted by molar-refractivity contribution is 7.89. The molecule has 0 amide bonds. The van der Waals surface area contributed by atoms with E-state index in [0.717, 1.165) is 5.56 Å². The molecule has 2 N–H and O–H groups in total. The van der Waals surface area contributed by atoms with Gasteiger partial charge >= 0.3 is 0 Å². The lowest BCUT2D eigenvalue weighted by atomic mass is 10.2. The molecule has 0 spiro atoms. The van der Waals surface area contributed by atoms with Gasteiger partial charge in [-0.1, -0.05) is 26.0 Å². The van der Waals surface area contributed by atoms with Crippen molar-refractivity contribution in [3.8, 4) is 0 Å². The molecular formula is C12H19FN2O2S. The molecule has 0 atom stereocenters. The predicted molar refractivity (Wildman–Crippen MR) is 70.2 cm³/mol. The molecule has 4 nitrogen and oxygen atoms in total. The Kier molecular flexibility index (Phi) is 5.71.